The predicted molar refractivity (Wildman–Crippen MR) is 68.2 cm³/mol. The quantitative estimate of drug-likeness (QED) is 0.228. The fourth-order valence-electron chi connectivity index (χ4n) is 0.429. The molecule has 1 saturated heterocycles. The molecule has 0 saturated carbocycles. The van der Waals surface area contributed by atoms with Crippen molar-refractivity contribution in [2.24, 2.45) is 0 Å². The fraction of sp³-hybridized carbons (Fsp3) is 1.00. The molecule has 0 aromatic rings. The van der Waals surface area contributed by atoms with Crippen LogP contribution < -0.4 is 0 Å². The summed E-state index contributed by atoms with van der Waals surface area (Å²) in [5, 5.41) is 0. The van der Waals surface area contributed by atoms with Gasteiger partial charge in [0.2, 0.25) is 0 Å². The second kappa shape index (κ2) is 4.70. The van der Waals surface area contributed by atoms with E-state index in [1.54, 1.807) is 41.0 Å². The zero-order valence-corrected chi connectivity index (χ0v) is 24.0. The van der Waals surface area contributed by atoms with Crippen molar-refractivity contribution in [2.45, 2.75) is 1.51 Å². The van der Waals surface area contributed by atoms with Crippen LogP contribution >= 0.6 is 0 Å². The van der Waals surface area contributed by atoms with Gasteiger partial charge in [-0.3, -0.25) is 0 Å². The molecule has 1 heterocycles. The molecule has 0 radical (unpaired) electrons. The Balaban J connectivity index is 2.46. The van der Waals surface area contributed by atoms with Crippen LogP contribution in [0, 0.1) is 0 Å². The third-order valence-corrected chi connectivity index (χ3v) is 135. The van der Waals surface area contributed by atoms with E-state index in [1.165, 1.54) is 1.51 Å². The monoisotopic (exact) mass is 668 g/mol. The molecule has 0 N–H and O–H groups in total. The van der Waals surface area contributed by atoms with Crippen LogP contribution in [0.25, 0.3) is 0 Å². The molecule has 8 heteroatoms. The van der Waals surface area contributed by atoms with Crippen molar-refractivity contribution < 1.29 is 0 Å². The molecular formula is C2H12Si4Te4. The summed E-state index contributed by atoms with van der Waals surface area (Å²) in [6.07, 6.45) is 0. The van der Waals surface area contributed by atoms with Crippen LogP contribution in [0.2, 0.25) is 1.51 Å². The molecule has 0 aromatic carbocycles. The first-order valence-corrected chi connectivity index (χ1v) is 26.5. The molecule has 0 spiro atoms. The van der Waals surface area contributed by atoms with Gasteiger partial charge in [-0.2, -0.15) is 0 Å². The van der Waals surface area contributed by atoms with E-state index in [0.29, 0.717) is 0 Å². The standard InChI is InChI=1S/C2H12Si4Te4/c3-1(4)7-9-2(5,6)10-8-1/h3-6H3. The molecule has 0 nitrogen and oxygen atoms in total. The van der Waals surface area contributed by atoms with Crippen molar-refractivity contribution in [3.63, 3.8) is 0 Å². The van der Waals surface area contributed by atoms with Crippen LogP contribution in [-0.2, 0) is 0 Å². The van der Waals surface area contributed by atoms with E-state index in [2.05, 4.69) is 0 Å². The van der Waals surface area contributed by atoms with E-state index >= 15 is 0 Å². The average Bonchev–Trinajstić information content (AvgIpc) is 1.79. The van der Waals surface area contributed by atoms with E-state index < -0.39 is 0 Å². The summed E-state index contributed by atoms with van der Waals surface area (Å²) in [7, 11) is 6.65. The maximum atomic E-state index is 1.66. The van der Waals surface area contributed by atoms with Crippen LogP contribution in [0.5, 0.6) is 0 Å². The molecule has 1 fully saturated rings. The van der Waals surface area contributed by atoms with Gasteiger partial charge in [-0.15, -0.1) is 0 Å². The van der Waals surface area contributed by atoms with Crippen LogP contribution in [0.15, 0.2) is 0 Å². The Morgan fingerprint density at radius 3 is 1.00 bits per heavy atom. The van der Waals surface area contributed by atoms with E-state index in [1.807, 2.05) is 0 Å². The SMILES string of the molecule is [SiH3]C1([SiH3])[Te][Te]C([SiH3])([SiH3])[Te][Te]1. The predicted octanol–water partition coefficient (Wildman–Crippen LogP) is -5.83. The molecule has 0 aromatic heterocycles. The first kappa shape index (κ1) is 12.1. The van der Waals surface area contributed by atoms with Gasteiger partial charge in [0.05, 0.1) is 0 Å². The second-order valence-electron chi connectivity index (χ2n) is 3.13. The van der Waals surface area contributed by atoms with Gasteiger partial charge >= 0.3 is 111 Å². The molecular weight excluding hydrogens is 647 g/mol. The third kappa shape index (κ3) is 4.50. The molecule has 0 atom stereocenters. The van der Waals surface area contributed by atoms with E-state index in [4.69, 9.17) is 0 Å². The summed E-state index contributed by atoms with van der Waals surface area (Å²) in [4.78, 5) is 0. The summed E-state index contributed by atoms with van der Waals surface area (Å²) >= 11 is 2.88. The molecule has 1 aliphatic rings. The minimum atomic E-state index is 0.721. The van der Waals surface area contributed by atoms with Gasteiger partial charge in [0.15, 0.2) is 0 Å². The van der Waals surface area contributed by atoms with Crippen molar-refractivity contribution in [3.8, 4) is 0 Å². The molecule has 0 amide bonds. The Morgan fingerprint density at radius 2 is 0.800 bits per heavy atom. The zero-order chi connectivity index (χ0) is 7.83. The van der Waals surface area contributed by atoms with Crippen molar-refractivity contribution in [1.29, 1.82) is 0 Å². The Labute approximate surface area is 108 Å². The van der Waals surface area contributed by atoms with E-state index in [9.17, 15) is 0 Å². The summed E-state index contributed by atoms with van der Waals surface area (Å²) in [5.41, 5.74) is 0. The Morgan fingerprint density at radius 1 is 0.600 bits per heavy atom. The molecule has 0 aliphatic carbocycles. The first-order chi connectivity index (χ1) is 4.41. The van der Waals surface area contributed by atoms with Crippen LogP contribution in [0.1, 0.15) is 0 Å². The van der Waals surface area contributed by atoms with Crippen molar-refractivity contribution in [2.75, 3.05) is 0 Å². The van der Waals surface area contributed by atoms with Gasteiger partial charge in [0, 0.05) is 0 Å². The molecule has 10 heavy (non-hydrogen) atoms. The number of hydrogen-bond donors (Lipinski definition) is 0. The van der Waals surface area contributed by atoms with Crippen molar-refractivity contribution in [3.05, 3.63) is 0 Å². The molecule has 60 valence electrons. The topological polar surface area (TPSA) is 0 Å². The van der Waals surface area contributed by atoms with Crippen molar-refractivity contribution in [1.82, 2.24) is 0 Å². The number of rotatable bonds is 0. The summed E-state index contributed by atoms with van der Waals surface area (Å²) in [5.74, 6) is 0. The first-order valence-electron chi connectivity index (χ1n) is 3.15. The molecule has 1 rings (SSSR count). The fourth-order valence-corrected chi connectivity index (χ4v) is 122. The number of hydrogen-bond acceptors (Lipinski definition) is 0. The molecule has 1 aliphatic heterocycles. The summed E-state index contributed by atoms with van der Waals surface area (Å²) in [6.45, 7) is 0. The summed E-state index contributed by atoms with van der Waals surface area (Å²) < 4.78 is 2.66. The van der Waals surface area contributed by atoms with Gasteiger partial charge in [-0.05, 0) is 0 Å². The Kier molecular flexibility index (Phi) is 5.68. The average molecular weight is 659 g/mol. The van der Waals surface area contributed by atoms with Gasteiger partial charge < -0.3 is 0 Å². The molecule has 0 unspecified atom stereocenters. The van der Waals surface area contributed by atoms with Gasteiger partial charge in [-0.25, -0.2) is 0 Å². The van der Waals surface area contributed by atoms with E-state index in [-0.39, 0.29) is 0 Å². The van der Waals surface area contributed by atoms with E-state index in [0.717, 1.165) is 68.2 Å². The Hall–Kier alpha value is 4.03. The van der Waals surface area contributed by atoms with Crippen LogP contribution in [0.4, 0.5) is 0 Å². The van der Waals surface area contributed by atoms with Gasteiger partial charge in [0.25, 0.3) is 0 Å². The van der Waals surface area contributed by atoms with Crippen LogP contribution in [0.3, 0.4) is 0 Å². The summed E-state index contributed by atoms with van der Waals surface area (Å²) in [6, 6.07) is 0. The normalized spacial score (nSPS) is 50.4. The van der Waals surface area contributed by atoms with Gasteiger partial charge in [-0.1, -0.05) is 0 Å². The minimum absolute atomic E-state index is 0.721. The maximum absolute atomic E-state index is 1.66. The zero-order valence-electron chi connectivity index (χ0n) is 6.63. The second-order valence-corrected chi connectivity index (χ2v) is 64.4. The van der Waals surface area contributed by atoms with Crippen molar-refractivity contribution >= 4 is 109 Å². The Bertz CT molecular complexity index is 107. The van der Waals surface area contributed by atoms with Crippen LogP contribution in [-0.4, -0.2) is 109 Å². The molecule has 0 bridgehead atoms. The third-order valence-electron chi connectivity index (χ3n) is 0.886. The van der Waals surface area contributed by atoms with Gasteiger partial charge in [0.1, 0.15) is 0 Å².